The summed E-state index contributed by atoms with van der Waals surface area (Å²) >= 11 is -2.17. The van der Waals surface area contributed by atoms with Crippen LogP contribution >= 0.6 is 0 Å². The van der Waals surface area contributed by atoms with E-state index in [2.05, 4.69) is 48.5 Å². The van der Waals surface area contributed by atoms with Crippen LogP contribution < -0.4 is 15.6 Å². The molecule has 0 saturated heterocycles. The molecule has 0 saturated carbocycles. The third-order valence-corrected chi connectivity index (χ3v) is 11.7. The Morgan fingerprint density at radius 1 is 0.800 bits per heavy atom. The standard InChI is InChI=1S/C22H22O6STe/c23-22(27-15-16-29(24,25)26)17-28-18-11-13-21(14-12-18)30(19-7-3-1-4-8-19)20-9-5-2-6-10-20/h1-14,30H,15-17H2,(H,24,25,26). The summed E-state index contributed by atoms with van der Waals surface area (Å²) in [6, 6.07) is 28.6. The average molecular weight is 542 g/mol. The van der Waals surface area contributed by atoms with Crippen LogP contribution in [0, 0.1) is 0 Å². The van der Waals surface area contributed by atoms with E-state index in [-0.39, 0.29) is 6.61 Å². The molecule has 0 aliphatic carbocycles. The van der Waals surface area contributed by atoms with Crippen LogP contribution in [0.2, 0.25) is 0 Å². The quantitative estimate of drug-likeness (QED) is 0.244. The van der Waals surface area contributed by atoms with E-state index < -0.39 is 48.0 Å². The van der Waals surface area contributed by atoms with Gasteiger partial charge in [0.25, 0.3) is 0 Å². The van der Waals surface area contributed by atoms with E-state index in [1.54, 1.807) is 0 Å². The van der Waals surface area contributed by atoms with Gasteiger partial charge in [-0.1, -0.05) is 0 Å². The van der Waals surface area contributed by atoms with Crippen LogP contribution in [0.1, 0.15) is 0 Å². The summed E-state index contributed by atoms with van der Waals surface area (Å²) in [7, 11) is -4.16. The molecule has 0 radical (unpaired) electrons. The first-order chi connectivity index (χ1) is 14.4. The predicted molar refractivity (Wildman–Crippen MR) is 118 cm³/mol. The van der Waals surface area contributed by atoms with E-state index in [4.69, 9.17) is 14.0 Å². The van der Waals surface area contributed by atoms with Gasteiger partial charge >= 0.3 is 183 Å². The summed E-state index contributed by atoms with van der Waals surface area (Å²) in [6.45, 7) is -0.754. The van der Waals surface area contributed by atoms with E-state index >= 15 is 0 Å². The molecule has 0 aromatic heterocycles. The molecule has 0 unspecified atom stereocenters. The van der Waals surface area contributed by atoms with E-state index in [1.807, 2.05) is 36.4 Å². The number of rotatable bonds is 9. The van der Waals surface area contributed by atoms with Crippen molar-refractivity contribution in [2.75, 3.05) is 19.0 Å². The van der Waals surface area contributed by atoms with Gasteiger partial charge in [-0.2, -0.15) is 0 Å². The molecular formula is C22H22O6STe. The van der Waals surface area contributed by atoms with Crippen LogP contribution in [0.4, 0.5) is 0 Å². The molecule has 6 nitrogen and oxygen atoms in total. The minimum absolute atomic E-state index is 0.341. The molecule has 3 aromatic carbocycles. The fraction of sp³-hybridized carbons (Fsp3) is 0.136. The van der Waals surface area contributed by atoms with Gasteiger partial charge in [0.15, 0.2) is 0 Å². The summed E-state index contributed by atoms with van der Waals surface area (Å²) in [5.74, 6) is -0.821. The molecule has 30 heavy (non-hydrogen) atoms. The number of esters is 1. The van der Waals surface area contributed by atoms with Crippen molar-refractivity contribution in [1.82, 2.24) is 0 Å². The van der Waals surface area contributed by atoms with Gasteiger partial charge in [-0.05, 0) is 0 Å². The van der Waals surface area contributed by atoms with Crippen molar-refractivity contribution in [1.29, 1.82) is 0 Å². The number of carbonyl (C=O) groups excluding carboxylic acids is 1. The first-order valence-electron chi connectivity index (χ1n) is 9.16. The van der Waals surface area contributed by atoms with Gasteiger partial charge in [0, 0.05) is 0 Å². The molecule has 0 aliphatic rings. The Hall–Kier alpha value is -2.37. The van der Waals surface area contributed by atoms with Crippen LogP contribution in [0.5, 0.6) is 5.75 Å². The van der Waals surface area contributed by atoms with Crippen molar-refractivity contribution in [3.05, 3.63) is 84.9 Å². The minimum atomic E-state index is -4.16. The molecule has 3 rings (SSSR count). The van der Waals surface area contributed by atoms with Gasteiger partial charge in [-0.25, -0.2) is 0 Å². The molecule has 0 amide bonds. The van der Waals surface area contributed by atoms with Crippen molar-refractivity contribution in [3.63, 3.8) is 0 Å². The number of hydrogen-bond donors (Lipinski definition) is 1. The Morgan fingerprint density at radius 2 is 1.30 bits per heavy atom. The Bertz CT molecular complexity index is 1010. The summed E-state index contributed by atoms with van der Waals surface area (Å²) in [4.78, 5) is 11.6. The van der Waals surface area contributed by atoms with E-state index in [1.165, 1.54) is 10.8 Å². The molecule has 0 atom stereocenters. The molecule has 1 N–H and O–H groups in total. The molecule has 3 aromatic rings. The molecule has 0 aliphatic heterocycles. The zero-order valence-electron chi connectivity index (χ0n) is 16.0. The molecule has 0 heterocycles. The third-order valence-electron chi connectivity index (χ3n) is 4.08. The van der Waals surface area contributed by atoms with Crippen molar-refractivity contribution in [2.45, 2.75) is 0 Å². The summed E-state index contributed by atoms with van der Waals surface area (Å²) < 4.78 is 44.0. The van der Waals surface area contributed by atoms with Crippen molar-refractivity contribution >= 4 is 46.5 Å². The third kappa shape index (κ3) is 6.85. The first kappa shape index (κ1) is 22.3. The summed E-state index contributed by atoms with van der Waals surface area (Å²) in [5.41, 5.74) is 0. The molecule has 158 valence electrons. The average Bonchev–Trinajstić information content (AvgIpc) is 2.74. The fourth-order valence-corrected chi connectivity index (χ4v) is 9.55. The van der Waals surface area contributed by atoms with E-state index in [0.717, 1.165) is 0 Å². The van der Waals surface area contributed by atoms with Gasteiger partial charge in [-0.15, -0.1) is 0 Å². The Balaban J connectivity index is 1.66. The molecule has 8 heteroatoms. The number of benzene rings is 3. The van der Waals surface area contributed by atoms with Crippen LogP contribution in [0.15, 0.2) is 84.9 Å². The van der Waals surface area contributed by atoms with Crippen LogP contribution in [0.25, 0.3) is 0 Å². The fourth-order valence-electron chi connectivity index (χ4n) is 2.74. The Kier molecular flexibility index (Phi) is 7.88. The molecule has 0 fully saturated rings. The molecule has 0 bridgehead atoms. The normalized spacial score (nSPS) is 11.6. The van der Waals surface area contributed by atoms with Crippen LogP contribution in [-0.2, 0) is 19.6 Å². The molecule has 0 spiro atoms. The Morgan fingerprint density at radius 3 is 1.80 bits per heavy atom. The van der Waals surface area contributed by atoms with Crippen molar-refractivity contribution in [3.8, 4) is 5.75 Å². The second-order valence-electron chi connectivity index (χ2n) is 6.30. The summed E-state index contributed by atoms with van der Waals surface area (Å²) in [5, 5.41) is 0. The van der Waals surface area contributed by atoms with Gasteiger partial charge in [-0.3, -0.25) is 0 Å². The van der Waals surface area contributed by atoms with Crippen LogP contribution in [0.3, 0.4) is 0 Å². The van der Waals surface area contributed by atoms with Gasteiger partial charge in [0.05, 0.1) is 0 Å². The van der Waals surface area contributed by atoms with Gasteiger partial charge in [0.2, 0.25) is 0 Å². The van der Waals surface area contributed by atoms with Crippen molar-refractivity contribution < 1.29 is 27.2 Å². The maximum atomic E-state index is 11.6. The maximum absolute atomic E-state index is 11.6. The van der Waals surface area contributed by atoms with E-state index in [0.29, 0.717) is 5.75 Å². The van der Waals surface area contributed by atoms with Crippen LogP contribution in [-0.4, -0.2) is 57.5 Å². The number of hydrogen-bond acceptors (Lipinski definition) is 5. The predicted octanol–water partition coefficient (Wildman–Crippen LogP) is 0.745. The summed E-state index contributed by atoms with van der Waals surface area (Å²) in [6.07, 6.45) is 0. The number of carbonyl (C=O) groups is 1. The van der Waals surface area contributed by atoms with E-state index in [9.17, 15) is 13.2 Å². The second-order valence-corrected chi connectivity index (χ2v) is 14.2. The topological polar surface area (TPSA) is 89.9 Å². The zero-order valence-corrected chi connectivity index (χ0v) is 19.4. The monoisotopic (exact) mass is 544 g/mol. The molecular weight excluding hydrogens is 520 g/mol. The number of ether oxygens (including phenoxy) is 2. The zero-order chi connectivity index (χ0) is 21.4. The Labute approximate surface area is 182 Å². The first-order valence-corrected chi connectivity index (χ1v) is 14.6. The SMILES string of the molecule is O=C(COc1ccc([TeH](c2ccccc2)c2ccccc2)cc1)OCCS(=O)(=O)O. The van der Waals surface area contributed by atoms with Crippen molar-refractivity contribution in [2.24, 2.45) is 0 Å². The second kappa shape index (κ2) is 10.6. The van der Waals surface area contributed by atoms with Gasteiger partial charge in [0.1, 0.15) is 0 Å². The van der Waals surface area contributed by atoms with Gasteiger partial charge < -0.3 is 0 Å².